The molecular weight excluding hydrogens is 311 g/mol. The zero-order valence-electron chi connectivity index (χ0n) is 10.2. The summed E-state index contributed by atoms with van der Waals surface area (Å²) in [5.41, 5.74) is 7.27. The van der Waals surface area contributed by atoms with Crippen molar-refractivity contribution in [3.05, 3.63) is 57.8 Å². The fourth-order valence-electron chi connectivity index (χ4n) is 1.65. The number of carbonyl (C=O) groups is 1. The Morgan fingerprint density at radius 3 is 2.74 bits per heavy atom. The van der Waals surface area contributed by atoms with Crippen LogP contribution in [0.4, 0.5) is 15.8 Å². The highest BCUT2D eigenvalue weighted by Crippen LogP contribution is 2.26. The van der Waals surface area contributed by atoms with Crippen LogP contribution in [-0.4, -0.2) is 5.91 Å². The SMILES string of the molecule is Cc1cccc(NC(=O)c2ccc(N)cc2F)c1Br. The number of rotatable bonds is 2. The first-order valence-electron chi connectivity index (χ1n) is 5.60. The van der Waals surface area contributed by atoms with E-state index in [1.165, 1.54) is 12.1 Å². The van der Waals surface area contributed by atoms with Crippen molar-refractivity contribution in [2.75, 3.05) is 11.1 Å². The number of nitrogens with two attached hydrogens (primary N) is 1. The lowest BCUT2D eigenvalue weighted by Gasteiger charge is -2.10. The minimum atomic E-state index is -0.638. The van der Waals surface area contributed by atoms with Gasteiger partial charge in [-0.05, 0) is 52.7 Å². The molecular formula is C14H12BrFN2O. The van der Waals surface area contributed by atoms with E-state index in [-0.39, 0.29) is 11.3 Å². The molecule has 0 saturated carbocycles. The summed E-state index contributed by atoms with van der Waals surface area (Å²) in [5.74, 6) is -1.15. The molecule has 0 aliphatic rings. The Hall–Kier alpha value is -1.88. The van der Waals surface area contributed by atoms with E-state index in [1.807, 2.05) is 19.1 Å². The van der Waals surface area contributed by atoms with Crippen molar-refractivity contribution in [1.82, 2.24) is 0 Å². The van der Waals surface area contributed by atoms with Crippen LogP contribution in [0.1, 0.15) is 15.9 Å². The van der Waals surface area contributed by atoms with Gasteiger partial charge in [0, 0.05) is 10.2 Å². The van der Waals surface area contributed by atoms with E-state index in [1.54, 1.807) is 6.07 Å². The molecule has 0 unspecified atom stereocenters. The number of benzene rings is 2. The summed E-state index contributed by atoms with van der Waals surface area (Å²) >= 11 is 3.38. The normalized spacial score (nSPS) is 10.3. The van der Waals surface area contributed by atoms with Crippen LogP contribution in [0, 0.1) is 12.7 Å². The highest BCUT2D eigenvalue weighted by Gasteiger charge is 2.13. The number of halogens is 2. The molecule has 2 aromatic rings. The predicted octanol–water partition coefficient (Wildman–Crippen LogP) is 3.73. The van der Waals surface area contributed by atoms with Crippen LogP contribution in [0.25, 0.3) is 0 Å². The molecule has 0 aliphatic heterocycles. The lowest BCUT2D eigenvalue weighted by atomic mass is 10.1. The molecule has 0 fully saturated rings. The van der Waals surface area contributed by atoms with Crippen molar-refractivity contribution in [1.29, 1.82) is 0 Å². The number of hydrogen-bond donors (Lipinski definition) is 2. The van der Waals surface area contributed by atoms with E-state index in [4.69, 9.17) is 5.73 Å². The van der Waals surface area contributed by atoms with Gasteiger partial charge in [-0.25, -0.2) is 4.39 Å². The van der Waals surface area contributed by atoms with E-state index < -0.39 is 11.7 Å². The molecule has 2 aromatic carbocycles. The number of anilines is 2. The molecule has 2 rings (SSSR count). The lowest BCUT2D eigenvalue weighted by Crippen LogP contribution is -2.14. The fraction of sp³-hybridized carbons (Fsp3) is 0.0714. The lowest BCUT2D eigenvalue weighted by molar-refractivity contribution is 0.102. The second kappa shape index (κ2) is 5.40. The highest BCUT2D eigenvalue weighted by molar-refractivity contribution is 9.10. The maximum Gasteiger partial charge on any atom is 0.258 e. The number of nitrogen functional groups attached to an aromatic ring is 1. The Bertz CT molecular complexity index is 643. The minimum absolute atomic E-state index is 0.0393. The van der Waals surface area contributed by atoms with Crippen LogP contribution in [-0.2, 0) is 0 Å². The molecule has 0 aromatic heterocycles. The molecule has 0 saturated heterocycles. The summed E-state index contributed by atoms with van der Waals surface area (Å²) in [6.07, 6.45) is 0. The molecule has 3 N–H and O–H groups in total. The van der Waals surface area contributed by atoms with Crippen LogP contribution in [0.3, 0.4) is 0 Å². The smallest absolute Gasteiger partial charge is 0.258 e. The summed E-state index contributed by atoms with van der Waals surface area (Å²) in [6.45, 7) is 1.91. The van der Waals surface area contributed by atoms with Crippen LogP contribution in [0.15, 0.2) is 40.9 Å². The molecule has 0 atom stereocenters. The fourth-order valence-corrected chi connectivity index (χ4v) is 2.01. The molecule has 5 heteroatoms. The van der Waals surface area contributed by atoms with Gasteiger partial charge in [0.2, 0.25) is 0 Å². The summed E-state index contributed by atoms with van der Waals surface area (Å²) in [5, 5.41) is 2.66. The van der Waals surface area contributed by atoms with Gasteiger partial charge in [-0.15, -0.1) is 0 Å². The van der Waals surface area contributed by atoms with E-state index in [0.29, 0.717) is 5.69 Å². The Labute approximate surface area is 118 Å². The largest absolute Gasteiger partial charge is 0.399 e. The molecule has 0 bridgehead atoms. The average molecular weight is 323 g/mol. The van der Waals surface area contributed by atoms with Gasteiger partial charge in [0.25, 0.3) is 5.91 Å². The van der Waals surface area contributed by atoms with Crippen LogP contribution in [0.5, 0.6) is 0 Å². The molecule has 0 spiro atoms. The molecule has 19 heavy (non-hydrogen) atoms. The zero-order chi connectivity index (χ0) is 14.0. The van der Waals surface area contributed by atoms with Gasteiger partial charge < -0.3 is 11.1 Å². The van der Waals surface area contributed by atoms with Gasteiger partial charge in [0.05, 0.1) is 11.3 Å². The van der Waals surface area contributed by atoms with Crippen LogP contribution >= 0.6 is 15.9 Å². The number of aryl methyl sites for hydroxylation is 1. The van der Waals surface area contributed by atoms with Gasteiger partial charge >= 0.3 is 0 Å². The van der Waals surface area contributed by atoms with Gasteiger partial charge in [-0.1, -0.05) is 12.1 Å². The second-order valence-electron chi connectivity index (χ2n) is 4.13. The Kier molecular flexibility index (Phi) is 3.85. The van der Waals surface area contributed by atoms with Crippen molar-refractivity contribution in [3.8, 4) is 0 Å². The van der Waals surface area contributed by atoms with Crippen molar-refractivity contribution in [2.24, 2.45) is 0 Å². The molecule has 0 heterocycles. The van der Waals surface area contributed by atoms with Gasteiger partial charge in [0.1, 0.15) is 5.82 Å². The Morgan fingerprint density at radius 2 is 2.05 bits per heavy atom. The van der Waals surface area contributed by atoms with Crippen molar-refractivity contribution in [3.63, 3.8) is 0 Å². The number of hydrogen-bond acceptors (Lipinski definition) is 2. The molecule has 1 amide bonds. The van der Waals surface area contributed by atoms with Crippen LogP contribution in [0.2, 0.25) is 0 Å². The summed E-state index contributed by atoms with van der Waals surface area (Å²) < 4.78 is 14.4. The topological polar surface area (TPSA) is 55.1 Å². The zero-order valence-corrected chi connectivity index (χ0v) is 11.8. The first-order chi connectivity index (χ1) is 8.99. The van der Waals surface area contributed by atoms with Crippen molar-refractivity contribution in [2.45, 2.75) is 6.92 Å². The third-order valence-electron chi connectivity index (χ3n) is 2.68. The predicted molar refractivity (Wildman–Crippen MR) is 77.6 cm³/mol. The number of carbonyl (C=O) groups excluding carboxylic acids is 1. The average Bonchev–Trinajstić information content (AvgIpc) is 2.34. The maximum atomic E-state index is 13.6. The first kappa shape index (κ1) is 13.5. The second-order valence-corrected chi connectivity index (χ2v) is 4.92. The number of amides is 1. The Morgan fingerprint density at radius 1 is 1.32 bits per heavy atom. The molecule has 0 aliphatic carbocycles. The van der Waals surface area contributed by atoms with E-state index in [2.05, 4.69) is 21.2 Å². The monoisotopic (exact) mass is 322 g/mol. The molecule has 0 radical (unpaired) electrons. The summed E-state index contributed by atoms with van der Waals surface area (Å²) in [4.78, 5) is 12.0. The van der Waals surface area contributed by atoms with E-state index in [0.717, 1.165) is 16.1 Å². The van der Waals surface area contributed by atoms with Gasteiger partial charge in [0.15, 0.2) is 0 Å². The first-order valence-corrected chi connectivity index (χ1v) is 6.40. The van der Waals surface area contributed by atoms with E-state index >= 15 is 0 Å². The molecule has 98 valence electrons. The minimum Gasteiger partial charge on any atom is -0.399 e. The standard InChI is InChI=1S/C14H12BrFN2O/c1-8-3-2-4-12(13(8)15)18-14(19)10-6-5-9(17)7-11(10)16/h2-7H,17H2,1H3,(H,18,19). The quantitative estimate of drug-likeness (QED) is 0.828. The Balaban J connectivity index is 2.28. The van der Waals surface area contributed by atoms with Crippen molar-refractivity contribution < 1.29 is 9.18 Å². The van der Waals surface area contributed by atoms with E-state index in [9.17, 15) is 9.18 Å². The highest BCUT2D eigenvalue weighted by atomic mass is 79.9. The van der Waals surface area contributed by atoms with Crippen LogP contribution < -0.4 is 11.1 Å². The third kappa shape index (κ3) is 2.93. The maximum absolute atomic E-state index is 13.6. The summed E-state index contributed by atoms with van der Waals surface area (Å²) in [7, 11) is 0. The summed E-state index contributed by atoms with van der Waals surface area (Å²) in [6, 6.07) is 9.44. The van der Waals surface area contributed by atoms with Gasteiger partial charge in [-0.3, -0.25) is 4.79 Å². The third-order valence-corrected chi connectivity index (χ3v) is 3.73. The van der Waals surface area contributed by atoms with Gasteiger partial charge in [-0.2, -0.15) is 0 Å². The molecule has 3 nitrogen and oxygen atoms in total. The van der Waals surface area contributed by atoms with Crippen molar-refractivity contribution >= 4 is 33.2 Å². The number of nitrogens with one attached hydrogen (secondary N) is 1.